The summed E-state index contributed by atoms with van der Waals surface area (Å²) in [5, 5.41) is 2.86. The van der Waals surface area contributed by atoms with Crippen LogP contribution in [-0.4, -0.2) is 16.6 Å². The highest BCUT2D eigenvalue weighted by atomic mass is 16.4. The highest BCUT2D eigenvalue weighted by Gasteiger charge is 2.21. The Hall–Kier alpha value is -2.24. The van der Waals surface area contributed by atoms with Gasteiger partial charge in [0.25, 0.3) is 0 Å². The van der Waals surface area contributed by atoms with E-state index in [4.69, 9.17) is 10.2 Å². The highest BCUT2D eigenvalue weighted by molar-refractivity contribution is 5.89. The summed E-state index contributed by atoms with van der Waals surface area (Å²) >= 11 is 0. The number of rotatable bonds is 1. The van der Waals surface area contributed by atoms with E-state index in [9.17, 15) is 9.59 Å². The maximum atomic E-state index is 12.1. The van der Waals surface area contributed by atoms with Crippen molar-refractivity contribution in [3.63, 3.8) is 0 Å². The molecule has 0 unspecified atom stereocenters. The van der Waals surface area contributed by atoms with Gasteiger partial charge in [-0.05, 0) is 25.0 Å². The average Bonchev–Trinajstić information content (AvgIpc) is 2.95. The molecule has 100 valence electrons. The van der Waals surface area contributed by atoms with Crippen LogP contribution in [-0.2, 0) is 0 Å². The van der Waals surface area contributed by atoms with Crippen molar-refractivity contribution < 1.29 is 9.21 Å². The molecule has 6 heteroatoms. The van der Waals surface area contributed by atoms with Gasteiger partial charge in [0.1, 0.15) is 5.52 Å². The molecule has 2 aromatic rings. The van der Waals surface area contributed by atoms with Gasteiger partial charge in [-0.1, -0.05) is 12.8 Å². The largest absolute Gasteiger partial charge is 0.428 e. The van der Waals surface area contributed by atoms with Crippen molar-refractivity contribution in [3.8, 4) is 0 Å². The molecule has 3 N–H and O–H groups in total. The molecule has 0 bridgehead atoms. The Balaban J connectivity index is 1.97. The summed E-state index contributed by atoms with van der Waals surface area (Å²) in [4.78, 5) is 23.9. The maximum Gasteiger partial charge on any atom is 0.428 e. The van der Waals surface area contributed by atoms with E-state index < -0.39 is 11.8 Å². The zero-order chi connectivity index (χ0) is 13.4. The van der Waals surface area contributed by atoms with Crippen LogP contribution in [0.5, 0.6) is 0 Å². The second-order valence-electron chi connectivity index (χ2n) is 4.86. The topological polar surface area (TPSA) is 90.3 Å². The number of carbonyl (C=O) groups excluding carboxylic acids is 1. The molecule has 1 heterocycles. The van der Waals surface area contributed by atoms with Crippen molar-refractivity contribution >= 4 is 22.8 Å². The molecule has 1 fully saturated rings. The molecule has 1 aliphatic carbocycles. The SMILES string of the molecule is Nc1ccc2c(c1)oc(=O)n2C(=O)NC1CCCC1. The Morgan fingerprint density at radius 3 is 2.84 bits per heavy atom. The summed E-state index contributed by atoms with van der Waals surface area (Å²) in [6.07, 6.45) is 4.15. The smallest absolute Gasteiger partial charge is 0.407 e. The third-order valence-corrected chi connectivity index (χ3v) is 3.49. The monoisotopic (exact) mass is 261 g/mol. The van der Waals surface area contributed by atoms with Gasteiger partial charge in [0.2, 0.25) is 0 Å². The zero-order valence-electron chi connectivity index (χ0n) is 10.4. The molecule has 3 rings (SSSR count). The van der Waals surface area contributed by atoms with Crippen LogP contribution in [0.4, 0.5) is 10.5 Å². The second-order valence-corrected chi connectivity index (χ2v) is 4.86. The van der Waals surface area contributed by atoms with Crippen LogP contribution in [0.1, 0.15) is 25.7 Å². The molecule has 19 heavy (non-hydrogen) atoms. The van der Waals surface area contributed by atoms with Gasteiger partial charge < -0.3 is 15.5 Å². The van der Waals surface area contributed by atoms with Crippen molar-refractivity contribution in [2.24, 2.45) is 0 Å². The van der Waals surface area contributed by atoms with Gasteiger partial charge in [-0.15, -0.1) is 0 Å². The molecule has 0 saturated heterocycles. The lowest BCUT2D eigenvalue weighted by Gasteiger charge is -2.11. The first-order chi connectivity index (χ1) is 9.15. The number of aromatic nitrogens is 1. The van der Waals surface area contributed by atoms with Crippen LogP contribution in [0.3, 0.4) is 0 Å². The molecular formula is C13H15N3O3. The van der Waals surface area contributed by atoms with Crippen LogP contribution in [0.25, 0.3) is 11.1 Å². The van der Waals surface area contributed by atoms with Crippen molar-refractivity contribution in [2.45, 2.75) is 31.7 Å². The Bertz CT molecular complexity index is 680. The molecule has 1 aromatic carbocycles. The molecule has 1 amide bonds. The molecule has 0 radical (unpaired) electrons. The quantitative estimate of drug-likeness (QED) is 0.764. The minimum absolute atomic E-state index is 0.151. The maximum absolute atomic E-state index is 12.1. The first kappa shape index (κ1) is 11.8. The Morgan fingerprint density at radius 2 is 2.11 bits per heavy atom. The molecular weight excluding hydrogens is 246 g/mol. The first-order valence-electron chi connectivity index (χ1n) is 6.37. The normalized spacial score (nSPS) is 16.0. The van der Waals surface area contributed by atoms with Crippen molar-refractivity contribution in [3.05, 3.63) is 28.7 Å². The van der Waals surface area contributed by atoms with Crippen LogP contribution >= 0.6 is 0 Å². The molecule has 1 saturated carbocycles. The number of hydrogen-bond acceptors (Lipinski definition) is 4. The zero-order valence-corrected chi connectivity index (χ0v) is 10.4. The van der Waals surface area contributed by atoms with E-state index in [0.717, 1.165) is 30.3 Å². The number of nitrogens with two attached hydrogens (primary N) is 1. The third kappa shape index (κ3) is 2.09. The molecule has 0 spiro atoms. The van der Waals surface area contributed by atoms with Gasteiger partial charge in [-0.25, -0.2) is 9.59 Å². The number of benzene rings is 1. The fourth-order valence-corrected chi connectivity index (χ4v) is 2.54. The van der Waals surface area contributed by atoms with Gasteiger partial charge in [0, 0.05) is 17.8 Å². The standard InChI is InChI=1S/C13H15N3O3/c14-8-5-6-10-11(7-8)19-13(18)16(10)12(17)15-9-3-1-2-4-9/h5-7,9H,1-4,14H2,(H,15,17). The Kier molecular flexibility index (Phi) is 2.77. The predicted molar refractivity (Wildman–Crippen MR) is 71.1 cm³/mol. The van der Waals surface area contributed by atoms with Gasteiger partial charge in [-0.2, -0.15) is 4.57 Å². The Labute approximate surface area is 109 Å². The third-order valence-electron chi connectivity index (χ3n) is 3.49. The van der Waals surface area contributed by atoms with E-state index in [2.05, 4.69) is 5.32 Å². The summed E-state index contributed by atoms with van der Waals surface area (Å²) in [5.74, 6) is -0.684. The summed E-state index contributed by atoms with van der Waals surface area (Å²) in [6, 6.07) is 4.51. The van der Waals surface area contributed by atoms with E-state index in [-0.39, 0.29) is 6.04 Å². The number of hydrogen-bond donors (Lipinski definition) is 2. The first-order valence-corrected chi connectivity index (χ1v) is 6.37. The van der Waals surface area contributed by atoms with E-state index in [1.54, 1.807) is 12.1 Å². The second kappa shape index (κ2) is 4.46. The van der Waals surface area contributed by atoms with E-state index in [0.29, 0.717) is 16.8 Å². The summed E-state index contributed by atoms with van der Waals surface area (Å²) in [6.45, 7) is 0. The fraction of sp³-hybridized carbons (Fsp3) is 0.385. The van der Waals surface area contributed by atoms with Crippen molar-refractivity contribution in [2.75, 3.05) is 5.73 Å². The molecule has 0 atom stereocenters. The van der Waals surface area contributed by atoms with Gasteiger partial charge in [0.15, 0.2) is 5.58 Å². The number of nitrogen functional groups attached to an aromatic ring is 1. The average molecular weight is 261 g/mol. The number of oxazole rings is 1. The van der Waals surface area contributed by atoms with E-state index in [1.165, 1.54) is 6.07 Å². The van der Waals surface area contributed by atoms with E-state index >= 15 is 0 Å². The number of anilines is 1. The lowest BCUT2D eigenvalue weighted by Crippen LogP contribution is -2.39. The van der Waals surface area contributed by atoms with Crippen LogP contribution < -0.4 is 16.8 Å². The van der Waals surface area contributed by atoms with Crippen LogP contribution in [0.15, 0.2) is 27.4 Å². The van der Waals surface area contributed by atoms with Gasteiger partial charge in [-0.3, -0.25) is 0 Å². The van der Waals surface area contributed by atoms with Crippen LogP contribution in [0.2, 0.25) is 0 Å². The summed E-state index contributed by atoms with van der Waals surface area (Å²) < 4.78 is 6.05. The van der Waals surface area contributed by atoms with E-state index in [1.807, 2.05) is 0 Å². The molecule has 1 aliphatic rings. The lowest BCUT2D eigenvalue weighted by atomic mass is 10.2. The highest BCUT2D eigenvalue weighted by Crippen LogP contribution is 2.19. The number of nitrogens with one attached hydrogen (secondary N) is 1. The number of nitrogens with zero attached hydrogens (tertiary/aromatic N) is 1. The number of fused-ring (bicyclic) bond motifs is 1. The fourth-order valence-electron chi connectivity index (χ4n) is 2.54. The van der Waals surface area contributed by atoms with Gasteiger partial charge in [0.05, 0.1) is 0 Å². The number of carbonyl (C=O) groups is 1. The van der Waals surface area contributed by atoms with Crippen molar-refractivity contribution in [1.82, 2.24) is 9.88 Å². The minimum Gasteiger partial charge on any atom is -0.407 e. The summed E-state index contributed by atoms with van der Waals surface area (Å²) in [7, 11) is 0. The minimum atomic E-state index is -0.684. The molecule has 1 aromatic heterocycles. The molecule has 0 aliphatic heterocycles. The summed E-state index contributed by atoms with van der Waals surface area (Å²) in [5.41, 5.74) is 6.87. The predicted octanol–water partition coefficient (Wildman–Crippen LogP) is 1.68. The van der Waals surface area contributed by atoms with Crippen molar-refractivity contribution in [1.29, 1.82) is 0 Å². The van der Waals surface area contributed by atoms with Crippen LogP contribution in [0, 0.1) is 0 Å². The van der Waals surface area contributed by atoms with Gasteiger partial charge >= 0.3 is 11.8 Å². The molecule has 6 nitrogen and oxygen atoms in total. The lowest BCUT2D eigenvalue weighted by molar-refractivity contribution is 0.237. The number of amides is 1. The Morgan fingerprint density at radius 1 is 1.37 bits per heavy atom.